The molecule has 0 fully saturated rings. The summed E-state index contributed by atoms with van der Waals surface area (Å²) in [5.41, 5.74) is 1.65. The number of carbonyl (C=O) groups excluding carboxylic acids is 1. The van der Waals surface area contributed by atoms with E-state index in [1.54, 1.807) is 56.4 Å². The van der Waals surface area contributed by atoms with Gasteiger partial charge in [-0.05, 0) is 36.4 Å². The van der Waals surface area contributed by atoms with Gasteiger partial charge in [-0.15, -0.1) is 0 Å². The Kier molecular flexibility index (Phi) is 6.66. The van der Waals surface area contributed by atoms with Gasteiger partial charge in [0, 0.05) is 31.8 Å². The van der Waals surface area contributed by atoms with E-state index in [9.17, 15) is 13.2 Å². The molecule has 3 N–H and O–H groups in total. The number of anilines is 2. The molecule has 0 aliphatic heterocycles. The number of ether oxygens (including phenoxy) is 2. The highest BCUT2D eigenvalue weighted by atomic mass is 32.2. The Bertz CT molecular complexity index is 1000. The van der Waals surface area contributed by atoms with Crippen LogP contribution in [0.15, 0.2) is 47.4 Å². The smallest absolute Gasteiger partial charge is 0.248 e. The van der Waals surface area contributed by atoms with E-state index < -0.39 is 15.9 Å². The Morgan fingerprint density at radius 2 is 1.82 bits per heavy atom. The van der Waals surface area contributed by atoms with Gasteiger partial charge in [-0.3, -0.25) is 4.79 Å². The topological polar surface area (TPSA) is 111 Å². The number of amides is 1. The van der Waals surface area contributed by atoms with E-state index in [-0.39, 0.29) is 4.90 Å². The van der Waals surface area contributed by atoms with Crippen molar-refractivity contribution < 1.29 is 22.7 Å². The van der Waals surface area contributed by atoms with E-state index in [1.165, 1.54) is 25.3 Å². The van der Waals surface area contributed by atoms with Crippen molar-refractivity contribution in [2.75, 3.05) is 38.5 Å². The lowest BCUT2D eigenvalue weighted by Crippen LogP contribution is -2.17. The summed E-state index contributed by atoms with van der Waals surface area (Å²) in [4.78, 5) is 14.0. The van der Waals surface area contributed by atoms with Gasteiger partial charge >= 0.3 is 0 Å². The number of carbonyl (C=O) groups is 1. The summed E-state index contributed by atoms with van der Waals surface area (Å²) in [5.74, 6) is 0.745. The molecule has 9 heteroatoms. The maximum atomic E-state index is 12.4. The minimum absolute atomic E-state index is 0.0887. The van der Waals surface area contributed by atoms with E-state index in [1.807, 2.05) is 0 Å². The quantitative estimate of drug-likeness (QED) is 0.682. The molecule has 0 saturated heterocycles. The van der Waals surface area contributed by atoms with Crippen molar-refractivity contribution in [1.29, 1.82) is 0 Å². The first-order valence-corrected chi connectivity index (χ1v) is 9.75. The molecular weight excluding hydrogens is 382 g/mol. The molecule has 8 nitrogen and oxygen atoms in total. The van der Waals surface area contributed by atoms with Crippen molar-refractivity contribution >= 4 is 33.4 Å². The Morgan fingerprint density at radius 1 is 1.11 bits per heavy atom. The molecule has 150 valence electrons. The fourth-order valence-corrected chi connectivity index (χ4v) is 3.02. The molecule has 0 spiro atoms. The Morgan fingerprint density at radius 3 is 2.39 bits per heavy atom. The number of nitrogens with two attached hydrogens (primary N) is 1. The molecule has 0 heterocycles. The molecule has 2 rings (SSSR count). The highest BCUT2D eigenvalue weighted by Gasteiger charge is 2.14. The second kappa shape index (κ2) is 8.77. The number of rotatable bonds is 7. The van der Waals surface area contributed by atoms with Crippen LogP contribution in [-0.4, -0.2) is 42.6 Å². The molecule has 0 bridgehead atoms. The Balaban J connectivity index is 2.28. The fourth-order valence-electron chi connectivity index (χ4n) is 2.48. The number of nitrogens with one attached hydrogen (secondary N) is 1. The largest absolute Gasteiger partial charge is 0.497 e. The third-order valence-electron chi connectivity index (χ3n) is 3.89. The number of hydrogen-bond acceptors (Lipinski definition) is 6. The lowest BCUT2D eigenvalue weighted by atomic mass is 10.1. The summed E-state index contributed by atoms with van der Waals surface area (Å²) in [5, 5.41) is 7.86. The number of hydrogen-bond donors (Lipinski definition) is 2. The highest BCUT2D eigenvalue weighted by Crippen LogP contribution is 2.28. The average Bonchev–Trinajstić information content (AvgIpc) is 2.65. The van der Waals surface area contributed by atoms with Crippen LogP contribution in [0.1, 0.15) is 5.56 Å². The first-order valence-electron chi connectivity index (χ1n) is 8.21. The van der Waals surface area contributed by atoms with Gasteiger partial charge in [-0.2, -0.15) is 0 Å². The molecule has 1 amide bonds. The van der Waals surface area contributed by atoms with Gasteiger partial charge in [0.05, 0.1) is 30.5 Å². The zero-order chi connectivity index (χ0) is 20.9. The first-order chi connectivity index (χ1) is 13.2. The standard InChI is InChI=1S/C19H23N3O5S/c1-22(2)17-9-8-15(28(20,24)25)12-16(17)21-19(23)10-6-13-5-7-14(26-3)11-18(13)27-4/h5-12H,1-4H3,(H,21,23)(H2,20,24,25)/b10-6+. The molecule has 0 aromatic heterocycles. The van der Waals surface area contributed by atoms with Crippen LogP contribution in [-0.2, 0) is 14.8 Å². The molecule has 0 atom stereocenters. The van der Waals surface area contributed by atoms with Crippen LogP contribution in [0.3, 0.4) is 0 Å². The Labute approximate surface area is 164 Å². The van der Waals surface area contributed by atoms with Crippen LogP contribution >= 0.6 is 0 Å². The zero-order valence-electron chi connectivity index (χ0n) is 16.1. The number of benzene rings is 2. The maximum absolute atomic E-state index is 12.4. The van der Waals surface area contributed by atoms with Gasteiger partial charge in [0.25, 0.3) is 0 Å². The van der Waals surface area contributed by atoms with E-state index in [4.69, 9.17) is 14.6 Å². The third kappa shape index (κ3) is 5.24. The van der Waals surface area contributed by atoms with Gasteiger partial charge in [0.2, 0.25) is 15.9 Å². The lowest BCUT2D eigenvalue weighted by Gasteiger charge is -2.18. The van der Waals surface area contributed by atoms with Crippen molar-refractivity contribution in [3.63, 3.8) is 0 Å². The molecule has 0 saturated carbocycles. The van der Waals surface area contributed by atoms with E-state index in [0.29, 0.717) is 28.4 Å². The van der Waals surface area contributed by atoms with Crippen LogP contribution in [0.4, 0.5) is 11.4 Å². The predicted molar refractivity (Wildman–Crippen MR) is 109 cm³/mol. The maximum Gasteiger partial charge on any atom is 0.248 e. The van der Waals surface area contributed by atoms with E-state index >= 15 is 0 Å². The normalized spacial score (nSPS) is 11.3. The lowest BCUT2D eigenvalue weighted by molar-refractivity contribution is -0.111. The van der Waals surface area contributed by atoms with Gasteiger partial charge in [-0.1, -0.05) is 0 Å². The molecule has 2 aromatic rings. The van der Waals surface area contributed by atoms with E-state index in [0.717, 1.165) is 0 Å². The van der Waals surface area contributed by atoms with E-state index in [2.05, 4.69) is 5.32 Å². The summed E-state index contributed by atoms with van der Waals surface area (Å²) < 4.78 is 33.6. The third-order valence-corrected chi connectivity index (χ3v) is 4.80. The van der Waals surface area contributed by atoms with Crippen molar-refractivity contribution in [3.8, 4) is 11.5 Å². The Hall–Kier alpha value is -3.04. The van der Waals surface area contributed by atoms with Crippen LogP contribution in [0.2, 0.25) is 0 Å². The van der Waals surface area contributed by atoms with Crippen LogP contribution in [0.25, 0.3) is 6.08 Å². The van der Waals surface area contributed by atoms with Gasteiger partial charge in [-0.25, -0.2) is 13.6 Å². The van der Waals surface area contributed by atoms with Gasteiger partial charge in [0.1, 0.15) is 11.5 Å². The predicted octanol–water partition coefficient (Wildman–Crippen LogP) is 2.07. The number of primary sulfonamides is 1. The molecule has 2 aromatic carbocycles. The van der Waals surface area contributed by atoms with Gasteiger partial charge in [0.15, 0.2) is 0 Å². The number of nitrogens with zero attached hydrogens (tertiary/aromatic N) is 1. The summed E-state index contributed by atoms with van der Waals surface area (Å²) in [7, 11) is 2.74. The summed E-state index contributed by atoms with van der Waals surface area (Å²) >= 11 is 0. The molecule has 0 radical (unpaired) electrons. The molecule has 28 heavy (non-hydrogen) atoms. The summed E-state index contributed by atoms with van der Waals surface area (Å²) in [6.07, 6.45) is 2.92. The first kappa shape index (κ1) is 21.3. The van der Waals surface area contributed by atoms with Crippen molar-refractivity contribution in [1.82, 2.24) is 0 Å². The van der Waals surface area contributed by atoms with Crippen LogP contribution < -0.4 is 24.8 Å². The van der Waals surface area contributed by atoms with Gasteiger partial charge < -0.3 is 19.7 Å². The second-order valence-corrected chi connectivity index (χ2v) is 7.61. The number of sulfonamides is 1. The monoisotopic (exact) mass is 405 g/mol. The van der Waals surface area contributed by atoms with Crippen molar-refractivity contribution in [3.05, 3.63) is 48.0 Å². The summed E-state index contributed by atoms with van der Waals surface area (Å²) in [6, 6.07) is 9.50. The zero-order valence-corrected chi connectivity index (χ0v) is 16.9. The SMILES string of the molecule is COc1ccc(/C=C/C(=O)Nc2cc(S(N)(=O)=O)ccc2N(C)C)c(OC)c1. The molecule has 0 unspecified atom stereocenters. The molecular formula is C19H23N3O5S. The minimum Gasteiger partial charge on any atom is -0.497 e. The van der Waals surface area contributed by atoms with Crippen molar-refractivity contribution in [2.45, 2.75) is 4.90 Å². The fraction of sp³-hybridized carbons (Fsp3) is 0.211. The average molecular weight is 405 g/mol. The molecule has 0 aliphatic rings. The number of methoxy groups -OCH3 is 2. The van der Waals surface area contributed by atoms with Crippen LogP contribution in [0.5, 0.6) is 11.5 Å². The molecule has 0 aliphatic carbocycles. The van der Waals surface area contributed by atoms with Crippen LogP contribution in [0, 0.1) is 0 Å². The second-order valence-electron chi connectivity index (χ2n) is 6.05. The minimum atomic E-state index is -3.89. The van der Waals surface area contributed by atoms with Crippen molar-refractivity contribution in [2.24, 2.45) is 5.14 Å². The summed E-state index contributed by atoms with van der Waals surface area (Å²) in [6.45, 7) is 0. The highest BCUT2D eigenvalue weighted by molar-refractivity contribution is 7.89.